The Kier molecular flexibility index (Phi) is 7.72. The number of nitrogens with zero attached hydrogens (tertiary/aromatic N) is 1. The lowest BCUT2D eigenvalue weighted by Gasteiger charge is -2.10. The topological polar surface area (TPSA) is 74.3 Å². The molecule has 0 aromatic rings. The molecule has 1 aliphatic rings. The van der Waals surface area contributed by atoms with Gasteiger partial charge in [0, 0.05) is 12.0 Å². The van der Waals surface area contributed by atoms with Crippen molar-refractivity contribution in [3.63, 3.8) is 0 Å². The number of aliphatic imine (C=N–C) groups is 1. The third-order valence-corrected chi connectivity index (χ3v) is 3.65. The summed E-state index contributed by atoms with van der Waals surface area (Å²) in [5.74, 6) is -0.281. The second-order valence-corrected chi connectivity index (χ2v) is 5.33. The van der Waals surface area contributed by atoms with E-state index in [1.165, 1.54) is 11.8 Å². The van der Waals surface area contributed by atoms with Crippen LogP contribution in [0.4, 0.5) is 4.39 Å². The van der Waals surface area contributed by atoms with Crippen molar-refractivity contribution in [3.05, 3.63) is 35.8 Å². The number of amidine groups is 2. The lowest BCUT2D eigenvalue weighted by Crippen LogP contribution is -2.29. The van der Waals surface area contributed by atoms with Gasteiger partial charge in [0.15, 0.2) is 16.8 Å². The summed E-state index contributed by atoms with van der Waals surface area (Å²) in [6.07, 6.45) is 10.2. The molecule has 6 heteroatoms. The Labute approximate surface area is 123 Å². The van der Waals surface area contributed by atoms with Gasteiger partial charge in [0.05, 0.1) is 6.54 Å². The molecule has 4 N–H and O–H groups in total. The third kappa shape index (κ3) is 6.06. The van der Waals surface area contributed by atoms with Crippen molar-refractivity contribution >= 4 is 22.8 Å². The van der Waals surface area contributed by atoms with E-state index in [0.29, 0.717) is 11.7 Å². The molecule has 0 atom stereocenters. The van der Waals surface area contributed by atoms with Gasteiger partial charge in [-0.2, -0.15) is 0 Å². The van der Waals surface area contributed by atoms with Crippen LogP contribution in [0.1, 0.15) is 26.2 Å². The highest BCUT2D eigenvalue weighted by molar-refractivity contribution is 8.13. The van der Waals surface area contributed by atoms with Crippen molar-refractivity contribution in [2.45, 2.75) is 26.2 Å². The van der Waals surface area contributed by atoms with Crippen LogP contribution in [0.15, 0.2) is 40.8 Å². The largest absolute Gasteiger partial charge is 0.402 e. The van der Waals surface area contributed by atoms with Crippen molar-refractivity contribution in [2.24, 2.45) is 10.7 Å². The monoisotopic (exact) mass is 296 g/mol. The summed E-state index contributed by atoms with van der Waals surface area (Å²) in [7, 11) is 0. The van der Waals surface area contributed by atoms with Gasteiger partial charge >= 0.3 is 0 Å². The fourth-order valence-corrected chi connectivity index (χ4v) is 2.25. The van der Waals surface area contributed by atoms with Crippen LogP contribution in [0.2, 0.25) is 0 Å². The summed E-state index contributed by atoms with van der Waals surface area (Å²) in [4.78, 5) is 4.42. The average Bonchev–Trinajstić information content (AvgIpc) is 2.49. The van der Waals surface area contributed by atoms with E-state index in [0.717, 1.165) is 36.8 Å². The first-order valence-corrected chi connectivity index (χ1v) is 7.62. The molecule has 0 saturated heterocycles. The van der Waals surface area contributed by atoms with Crippen LogP contribution in [0.25, 0.3) is 0 Å². The van der Waals surface area contributed by atoms with Crippen molar-refractivity contribution in [1.29, 1.82) is 5.41 Å². The molecule has 0 aromatic carbocycles. The lowest BCUT2D eigenvalue weighted by molar-refractivity contribution is 0.671. The van der Waals surface area contributed by atoms with Gasteiger partial charge in [0.2, 0.25) is 0 Å². The van der Waals surface area contributed by atoms with Gasteiger partial charge in [-0.05, 0) is 24.8 Å². The second-order valence-electron chi connectivity index (χ2n) is 4.24. The molecule has 0 saturated carbocycles. The molecule has 0 amide bonds. The van der Waals surface area contributed by atoms with Gasteiger partial charge in [-0.1, -0.05) is 36.9 Å². The molecular weight excluding hydrogens is 275 g/mol. The molecule has 0 aromatic heterocycles. The summed E-state index contributed by atoms with van der Waals surface area (Å²) in [6, 6.07) is 0. The zero-order chi connectivity index (χ0) is 14.8. The molecular formula is C14H21FN4S. The molecule has 0 spiro atoms. The van der Waals surface area contributed by atoms with E-state index >= 15 is 0 Å². The van der Waals surface area contributed by atoms with Crippen LogP contribution < -0.4 is 11.1 Å². The van der Waals surface area contributed by atoms with E-state index in [9.17, 15) is 4.39 Å². The van der Waals surface area contributed by atoms with Crippen molar-refractivity contribution < 1.29 is 4.39 Å². The van der Waals surface area contributed by atoms with Crippen molar-refractivity contribution in [3.8, 4) is 0 Å². The molecule has 4 nitrogen and oxygen atoms in total. The molecule has 1 aliphatic carbocycles. The van der Waals surface area contributed by atoms with E-state index in [2.05, 4.69) is 35.5 Å². The molecule has 0 heterocycles. The summed E-state index contributed by atoms with van der Waals surface area (Å²) in [6.45, 7) is 2.60. The first-order valence-electron chi connectivity index (χ1n) is 6.63. The fourth-order valence-electron chi connectivity index (χ4n) is 1.52. The van der Waals surface area contributed by atoms with Gasteiger partial charge in [0.25, 0.3) is 0 Å². The molecule has 1 rings (SSSR count). The minimum Gasteiger partial charge on any atom is -0.402 e. The Morgan fingerprint density at radius 2 is 2.40 bits per heavy atom. The molecule has 0 aliphatic heterocycles. The third-order valence-electron chi connectivity index (χ3n) is 2.54. The van der Waals surface area contributed by atoms with Crippen LogP contribution in [0.5, 0.6) is 0 Å². The molecule has 0 bridgehead atoms. The van der Waals surface area contributed by atoms with Gasteiger partial charge in [-0.3, -0.25) is 10.4 Å². The highest BCUT2D eigenvalue weighted by Gasteiger charge is 2.08. The Hall–Kier alpha value is -1.56. The number of nitrogens with two attached hydrogens (primary N) is 1. The highest BCUT2D eigenvalue weighted by atomic mass is 32.2. The first-order chi connectivity index (χ1) is 9.67. The fraction of sp³-hybridized carbons (Fsp3) is 0.429. The number of allylic oxidation sites excluding steroid dienone is 2. The summed E-state index contributed by atoms with van der Waals surface area (Å²) >= 11 is 1.48. The normalized spacial score (nSPS) is 16.0. The molecule has 20 heavy (non-hydrogen) atoms. The maximum atomic E-state index is 13.2. The maximum Gasteiger partial charge on any atom is 0.180 e. The predicted octanol–water partition coefficient (Wildman–Crippen LogP) is 3.10. The zero-order valence-electron chi connectivity index (χ0n) is 11.7. The van der Waals surface area contributed by atoms with E-state index in [4.69, 9.17) is 11.1 Å². The van der Waals surface area contributed by atoms with Crippen LogP contribution in [-0.2, 0) is 0 Å². The van der Waals surface area contributed by atoms with Crippen LogP contribution in [0.3, 0.4) is 0 Å². The summed E-state index contributed by atoms with van der Waals surface area (Å²) < 4.78 is 13.2. The number of hydrogen-bond acceptors (Lipinski definition) is 4. The van der Waals surface area contributed by atoms with Gasteiger partial charge in [0.1, 0.15) is 0 Å². The number of nitrogens with one attached hydrogen (secondary N) is 2. The minimum absolute atomic E-state index is 0.358. The molecule has 0 unspecified atom stereocenters. The van der Waals surface area contributed by atoms with Crippen molar-refractivity contribution in [2.75, 3.05) is 12.3 Å². The predicted molar refractivity (Wildman–Crippen MR) is 85.7 cm³/mol. The minimum atomic E-state index is -0.786. The van der Waals surface area contributed by atoms with Gasteiger partial charge in [-0.15, -0.1) is 0 Å². The van der Waals surface area contributed by atoms with Crippen LogP contribution in [-0.4, -0.2) is 23.3 Å². The van der Waals surface area contributed by atoms with E-state index in [1.54, 1.807) is 0 Å². The Morgan fingerprint density at radius 1 is 1.60 bits per heavy atom. The summed E-state index contributed by atoms with van der Waals surface area (Å²) in [5, 5.41) is 10.7. The number of halogens is 1. The first kappa shape index (κ1) is 16.5. The molecule has 0 fully saturated rings. The Balaban J connectivity index is 2.64. The summed E-state index contributed by atoms with van der Waals surface area (Å²) in [5.41, 5.74) is 6.20. The lowest BCUT2D eigenvalue weighted by atomic mass is 10.1. The van der Waals surface area contributed by atoms with Crippen LogP contribution in [0, 0.1) is 5.41 Å². The Morgan fingerprint density at radius 3 is 3.00 bits per heavy atom. The van der Waals surface area contributed by atoms with E-state index in [-0.39, 0.29) is 5.84 Å². The van der Waals surface area contributed by atoms with Crippen molar-refractivity contribution in [1.82, 2.24) is 5.32 Å². The maximum absolute atomic E-state index is 13.2. The smallest absolute Gasteiger partial charge is 0.180 e. The average molecular weight is 296 g/mol. The number of hydrogen-bond donors (Lipinski definition) is 3. The number of rotatable bonds is 5. The highest BCUT2D eigenvalue weighted by Crippen LogP contribution is 2.11. The van der Waals surface area contributed by atoms with Crippen LogP contribution >= 0.6 is 11.8 Å². The second kappa shape index (κ2) is 9.36. The zero-order valence-corrected chi connectivity index (χ0v) is 12.5. The van der Waals surface area contributed by atoms with E-state index < -0.39 is 5.83 Å². The van der Waals surface area contributed by atoms with Gasteiger partial charge < -0.3 is 11.1 Å². The molecule has 110 valence electrons. The van der Waals surface area contributed by atoms with Gasteiger partial charge in [-0.25, -0.2) is 4.39 Å². The molecule has 0 radical (unpaired) electrons. The quantitative estimate of drug-likeness (QED) is 0.539. The Bertz CT molecular complexity index is 452. The van der Waals surface area contributed by atoms with E-state index in [1.807, 2.05) is 0 Å². The SMILES string of the molecule is CCCSC(=NCC1=CCCC=C1)NC(=N)C(F)=CN. The number of thioether (sulfide) groups is 1. The standard InChI is InChI=1S/C14H21FN4S/c1-2-8-20-14(19-13(17)12(15)9-16)18-10-11-6-4-3-5-7-11/h4,6-7,9H,2-3,5,8,10,16H2,1H3,(H2,17,18,19).